The molecule has 2 aliphatic rings. The summed E-state index contributed by atoms with van der Waals surface area (Å²) < 4.78 is 6.93. The van der Waals surface area contributed by atoms with E-state index in [0.717, 1.165) is 11.5 Å². The van der Waals surface area contributed by atoms with Gasteiger partial charge in [-0.2, -0.15) is 0 Å². The van der Waals surface area contributed by atoms with Crippen LogP contribution in [-0.4, -0.2) is 6.71 Å². The molecule has 8 aromatic carbocycles. The Morgan fingerprint density at radius 3 is 1.24 bits per heavy atom. The highest BCUT2D eigenvalue weighted by Crippen LogP contribution is 2.31. The van der Waals surface area contributed by atoms with E-state index in [4.69, 9.17) is 4.74 Å². The van der Waals surface area contributed by atoms with Gasteiger partial charge in [-0.15, -0.1) is 0 Å². The summed E-state index contributed by atoms with van der Waals surface area (Å²) in [7, 11) is 0. The lowest BCUT2D eigenvalue weighted by Crippen LogP contribution is -2.56. The summed E-state index contributed by atoms with van der Waals surface area (Å²) in [5, 5.41) is 9.79. The lowest BCUT2D eigenvalue weighted by molar-refractivity contribution is 0.487. The van der Waals surface area contributed by atoms with Crippen LogP contribution >= 0.6 is 0 Å². The largest absolute Gasteiger partial charge is 0.458 e. The first-order chi connectivity index (χ1) is 24.8. The van der Waals surface area contributed by atoms with Gasteiger partial charge in [-0.3, -0.25) is 0 Å². The van der Waals surface area contributed by atoms with Gasteiger partial charge in [0.25, 0.3) is 6.71 Å². The molecule has 0 unspecified atom stereocenters. The van der Waals surface area contributed by atoms with Crippen LogP contribution < -0.4 is 21.1 Å². The molecule has 0 bridgehead atoms. The minimum atomic E-state index is -0.0769. The number of para-hydroxylation sites is 1. The van der Waals surface area contributed by atoms with Crippen molar-refractivity contribution in [1.29, 1.82) is 0 Å². The highest BCUT2D eigenvalue weighted by molar-refractivity contribution is 6.98. The van der Waals surface area contributed by atoms with E-state index in [9.17, 15) is 0 Å². The van der Waals surface area contributed by atoms with E-state index in [1.807, 2.05) is 0 Å². The molecule has 1 aliphatic heterocycles. The highest BCUT2D eigenvalue weighted by atomic mass is 16.5. The molecular weight excluding hydrogens is 603 g/mol. The number of hydrogen-bond acceptors (Lipinski definition) is 1. The number of ether oxygens (including phenoxy) is 1. The zero-order valence-electron chi connectivity index (χ0n) is 27.4. The van der Waals surface area contributed by atoms with E-state index in [-0.39, 0.29) is 6.71 Å². The van der Waals surface area contributed by atoms with Crippen LogP contribution in [0.25, 0.3) is 22.3 Å². The van der Waals surface area contributed by atoms with Crippen molar-refractivity contribution in [3.8, 4) is 33.8 Å². The Morgan fingerprint density at radius 1 is 0.300 bits per heavy atom. The molecule has 0 amide bonds. The molecule has 1 aliphatic carbocycles. The quantitative estimate of drug-likeness (QED) is 0.176. The lowest BCUT2D eigenvalue weighted by atomic mass is 9.34. The standard InChI is InChI=1S/C48H31BO/c1-3-16-32(17-4-1)34-26-15-27-35(33-18-5-2-6-19-33)48(34)49-44-28-13-14-29-46(44)50-47-31-43-41-25-12-10-23-39(41)37-21-8-7-20-36(37)38-22-9-11-24-40(38)42(43)30-45(47)49/h1-31H/b38-36-,39-37-,42-40-,43-41-. The van der Waals surface area contributed by atoms with Gasteiger partial charge in [-0.1, -0.05) is 181 Å². The Kier molecular flexibility index (Phi) is 6.67. The summed E-state index contributed by atoms with van der Waals surface area (Å²) in [5.41, 5.74) is 8.49. The van der Waals surface area contributed by atoms with Crippen LogP contribution in [0.2, 0.25) is 0 Å². The average Bonchev–Trinajstić information content (AvgIpc) is 3.19. The molecule has 232 valence electrons. The molecule has 0 N–H and O–H groups in total. The highest BCUT2D eigenvalue weighted by Gasteiger charge is 2.36. The Labute approximate surface area is 290 Å². The van der Waals surface area contributed by atoms with Crippen LogP contribution in [0.3, 0.4) is 0 Å². The van der Waals surface area contributed by atoms with Crippen LogP contribution in [0.5, 0.6) is 11.5 Å². The van der Waals surface area contributed by atoms with E-state index < -0.39 is 0 Å². The fourth-order valence-electron chi connectivity index (χ4n) is 8.24. The first-order valence-corrected chi connectivity index (χ1v) is 17.3. The maximum Gasteiger partial charge on any atom is 0.252 e. The summed E-state index contributed by atoms with van der Waals surface area (Å²) in [6, 6.07) is 68.2. The SMILES string of the molecule is c1ccc(-c2cccc(-c3ccccc3)c2B2c3ccccc3Oc3cc4/c(cc32)=c2/cccc/c2=c2\cccc\c2=c2/cccc/c2=4)cc1. The first-order valence-electron chi connectivity index (χ1n) is 17.3. The third kappa shape index (κ3) is 4.49. The molecule has 50 heavy (non-hydrogen) atoms. The second-order valence-corrected chi connectivity index (χ2v) is 13.1. The lowest BCUT2D eigenvalue weighted by Gasteiger charge is -2.30. The Bertz CT molecular complexity index is 2960. The van der Waals surface area contributed by atoms with Gasteiger partial charge in [-0.05, 0) is 87.1 Å². The topological polar surface area (TPSA) is 9.23 Å². The molecule has 0 fully saturated rings. The fraction of sp³-hybridized carbons (Fsp3) is 0. The fourth-order valence-corrected chi connectivity index (χ4v) is 8.24. The maximum atomic E-state index is 6.93. The smallest absolute Gasteiger partial charge is 0.252 e. The molecule has 0 atom stereocenters. The van der Waals surface area contributed by atoms with Gasteiger partial charge in [0.1, 0.15) is 11.5 Å². The predicted molar refractivity (Wildman–Crippen MR) is 205 cm³/mol. The summed E-state index contributed by atoms with van der Waals surface area (Å²) in [5.74, 6) is 1.80. The third-order valence-corrected chi connectivity index (χ3v) is 10.4. The molecule has 0 saturated carbocycles. The van der Waals surface area contributed by atoms with Gasteiger partial charge in [0, 0.05) is 0 Å². The minimum Gasteiger partial charge on any atom is -0.458 e. The first kappa shape index (κ1) is 28.6. The average molecular weight is 635 g/mol. The van der Waals surface area contributed by atoms with Crippen LogP contribution in [0, 0.1) is 41.7 Å². The zero-order valence-corrected chi connectivity index (χ0v) is 27.4. The molecule has 0 spiro atoms. The number of hydrogen-bond donors (Lipinski definition) is 0. The van der Waals surface area contributed by atoms with Crippen molar-refractivity contribution < 1.29 is 4.74 Å². The Balaban J connectivity index is 1.43. The zero-order chi connectivity index (χ0) is 33.0. The van der Waals surface area contributed by atoms with Gasteiger partial charge in [-0.25, -0.2) is 0 Å². The normalized spacial score (nSPS) is 15.0. The van der Waals surface area contributed by atoms with Crippen LogP contribution in [-0.2, 0) is 0 Å². The molecular formula is C48H31BO. The van der Waals surface area contributed by atoms with Crippen LogP contribution in [0.4, 0.5) is 0 Å². The Morgan fingerprint density at radius 2 is 0.720 bits per heavy atom. The van der Waals surface area contributed by atoms with Crippen molar-refractivity contribution >= 4 is 23.1 Å². The van der Waals surface area contributed by atoms with Crippen molar-refractivity contribution in [1.82, 2.24) is 0 Å². The van der Waals surface area contributed by atoms with Crippen molar-refractivity contribution in [2.45, 2.75) is 0 Å². The molecule has 10 rings (SSSR count). The summed E-state index contributed by atoms with van der Waals surface area (Å²) >= 11 is 0. The minimum absolute atomic E-state index is 0.0769. The summed E-state index contributed by atoms with van der Waals surface area (Å²) in [4.78, 5) is 0. The van der Waals surface area contributed by atoms with Crippen molar-refractivity contribution in [2.24, 2.45) is 0 Å². The second kappa shape index (κ2) is 11.6. The predicted octanol–water partition coefficient (Wildman–Crippen LogP) is 9.10. The number of fused-ring (bicyclic) bond motifs is 6. The third-order valence-electron chi connectivity index (χ3n) is 10.4. The van der Waals surface area contributed by atoms with Gasteiger partial charge in [0.05, 0.1) is 0 Å². The molecule has 2 heteroatoms. The van der Waals surface area contributed by atoms with Gasteiger partial charge < -0.3 is 4.74 Å². The molecule has 1 nitrogen and oxygen atoms in total. The number of rotatable bonds is 3. The van der Waals surface area contributed by atoms with Crippen molar-refractivity contribution in [3.63, 3.8) is 0 Å². The molecule has 0 radical (unpaired) electrons. The molecule has 1 heterocycles. The van der Waals surface area contributed by atoms with E-state index in [2.05, 4.69) is 188 Å². The van der Waals surface area contributed by atoms with Crippen molar-refractivity contribution in [3.05, 3.63) is 230 Å². The Hall–Kier alpha value is -6.38. The van der Waals surface area contributed by atoms with E-state index in [1.165, 1.54) is 80.4 Å². The van der Waals surface area contributed by atoms with Crippen LogP contribution in [0.1, 0.15) is 0 Å². The molecule has 0 aromatic heterocycles. The monoisotopic (exact) mass is 634 g/mol. The van der Waals surface area contributed by atoms with Gasteiger partial charge in [0.15, 0.2) is 0 Å². The van der Waals surface area contributed by atoms with Crippen molar-refractivity contribution in [2.75, 3.05) is 0 Å². The van der Waals surface area contributed by atoms with Crippen LogP contribution in [0.15, 0.2) is 188 Å². The van der Waals surface area contributed by atoms with E-state index in [0.29, 0.717) is 0 Å². The summed E-state index contributed by atoms with van der Waals surface area (Å²) in [6.07, 6.45) is 0. The summed E-state index contributed by atoms with van der Waals surface area (Å²) in [6.45, 7) is -0.0769. The maximum absolute atomic E-state index is 6.93. The van der Waals surface area contributed by atoms with E-state index >= 15 is 0 Å². The second-order valence-electron chi connectivity index (χ2n) is 13.1. The van der Waals surface area contributed by atoms with Gasteiger partial charge >= 0.3 is 0 Å². The molecule has 0 saturated heterocycles. The van der Waals surface area contributed by atoms with Gasteiger partial charge in [0.2, 0.25) is 0 Å². The van der Waals surface area contributed by atoms with E-state index in [1.54, 1.807) is 0 Å². The number of benzene rings is 8. The molecule has 8 aromatic rings.